The molecule has 2 aromatic rings. The second kappa shape index (κ2) is 5.72. The van der Waals surface area contributed by atoms with Crippen LogP contribution >= 0.6 is 0 Å². The lowest BCUT2D eigenvalue weighted by Gasteiger charge is -2.34. The van der Waals surface area contributed by atoms with Gasteiger partial charge in [0.05, 0.1) is 0 Å². The molecule has 2 aromatic carbocycles. The fraction of sp³-hybridized carbons (Fsp3) is 0.412. The molecule has 0 radical (unpaired) electrons. The van der Waals surface area contributed by atoms with E-state index in [0.29, 0.717) is 0 Å². The maximum absolute atomic E-state index is 2.58. The number of piperazine rings is 1. The van der Waals surface area contributed by atoms with Crippen LogP contribution in [0, 0.1) is 0 Å². The van der Waals surface area contributed by atoms with E-state index in [-0.39, 0.29) is 0 Å². The van der Waals surface area contributed by atoms with Gasteiger partial charge in [-0.3, -0.25) is 4.90 Å². The average Bonchev–Trinajstić information content (AvgIpc) is 2.48. The van der Waals surface area contributed by atoms with Crippen LogP contribution in [0.4, 0.5) is 0 Å². The Morgan fingerprint density at radius 2 is 1.53 bits per heavy atom. The van der Waals surface area contributed by atoms with Crippen LogP contribution in [0.15, 0.2) is 42.5 Å². The highest BCUT2D eigenvalue weighted by Crippen LogP contribution is 2.20. The molecule has 0 aliphatic carbocycles. The fourth-order valence-electron chi connectivity index (χ4n) is 2.93. The van der Waals surface area contributed by atoms with E-state index >= 15 is 0 Å². The highest BCUT2D eigenvalue weighted by molar-refractivity contribution is 5.85. The van der Waals surface area contributed by atoms with Gasteiger partial charge in [-0.15, -0.1) is 0 Å². The van der Waals surface area contributed by atoms with Gasteiger partial charge in [0, 0.05) is 32.7 Å². The van der Waals surface area contributed by atoms with E-state index in [0.717, 1.165) is 6.54 Å². The Bertz CT molecular complexity index is 536. The minimum absolute atomic E-state index is 1.08. The normalized spacial score (nSPS) is 17.9. The van der Waals surface area contributed by atoms with Gasteiger partial charge in [-0.1, -0.05) is 49.4 Å². The van der Waals surface area contributed by atoms with Crippen molar-refractivity contribution in [3.8, 4) is 0 Å². The topological polar surface area (TPSA) is 6.48 Å². The van der Waals surface area contributed by atoms with Crippen molar-refractivity contribution in [3.05, 3.63) is 48.0 Å². The molecule has 100 valence electrons. The minimum Gasteiger partial charge on any atom is -0.301 e. The van der Waals surface area contributed by atoms with Crippen molar-refractivity contribution in [2.75, 3.05) is 32.7 Å². The molecule has 19 heavy (non-hydrogen) atoms. The van der Waals surface area contributed by atoms with E-state index in [2.05, 4.69) is 59.2 Å². The van der Waals surface area contributed by atoms with Gasteiger partial charge >= 0.3 is 0 Å². The number of likely N-dealkylation sites (N-methyl/N-ethyl adjacent to an activating group) is 1. The maximum Gasteiger partial charge on any atom is 0.0240 e. The summed E-state index contributed by atoms with van der Waals surface area (Å²) in [4.78, 5) is 5.10. The predicted molar refractivity (Wildman–Crippen MR) is 81.3 cm³/mol. The zero-order valence-electron chi connectivity index (χ0n) is 11.7. The van der Waals surface area contributed by atoms with Crippen molar-refractivity contribution in [1.29, 1.82) is 0 Å². The van der Waals surface area contributed by atoms with Crippen molar-refractivity contribution in [2.24, 2.45) is 0 Å². The maximum atomic E-state index is 2.58. The highest BCUT2D eigenvalue weighted by atomic mass is 15.3. The largest absolute Gasteiger partial charge is 0.301 e. The Balaban J connectivity index is 1.75. The van der Waals surface area contributed by atoms with Crippen LogP contribution in [0.2, 0.25) is 0 Å². The van der Waals surface area contributed by atoms with E-state index in [4.69, 9.17) is 0 Å². The molecular formula is C17H22N2. The molecule has 0 N–H and O–H groups in total. The second-order valence-electron chi connectivity index (χ2n) is 5.35. The van der Waals surface area contributed by atoms with E-state index < -0.39 is 0 Å². The molecule has 0 saturated carbocycles. The van der Waals surface area contributed by atoms with Crippen molar-refractivity contribution < 1.29 is 0 Å². The van der Waals surface area contributed by atoms with Gasteiger partial charge in [0.2, 0.25) is 0 Å². The Morgan fingerprint density at radius 3 is 2.32 bits per heavy atom. The second-order valence-corrected chi connectivity index (χ2v) is 5.35. The Hall–Kier alpha value is -1.38. The monoisotopic (exact) mass is 254 g/mol. The third kappa shape index (κ3) is 2.80. The first-order valence-electron chi connectivity index (χ1n) is 7.28. The molecule has 0 amide bonds. The summed E-state index contributed by atoms with van der Waals surface area (Å²) in [6.45, 7) is 9.32. The van der Waals surface area contributed by atoms with Crippen LogP contribution in [0.5, 0.6) is 0 Å². The summed E-state index contributed by atoms with van der Waals surface area (Å²) in [5, 5.41) is 2.76. The summed E-state index contributed by atoms with van der Waals surface area (Å²) in [6.07, 6.45) is 0. The zero-order chi connectivity index (χ0) is 13.1. The Kier molecular flexibility index (Phi) is 3.81. The SMILES string of the molecule is CCN1CCN(Cc2cccc3ccccc23)CC1. The Morgan fingerprint density at radius 1 is 0.842 bits per heavy atom. The van der Waals surface area contributed by atoms with Gasteiger partial charge in [-0.2, -0.15) is 0 Å². The molecule has 1 heterocycles. The summed E-state index contributed by atoms with van der Waals surface area (Å²) in [7, 11) is 0. The lowest BCUT2D eigenvalue weighted by Crippen LogP contribution is -2.45. The number of benzene rings is 2. The molecule has 3 rings (SSSR count). The predicted octanol–water partition coefficient (Wildman–Crippen LogP) is 2.98. The van der Waals surface area contributed by atoms with Crippen LogP contribution in [-0.2, 0) is 6.54 Å². The molecule has 0 spiro atoms. The number of nitrogens with zero attached hydrogens (tertiary/aromatic N) is 2. The Labute approximate surface area is 115 Å². The molecule has 0 aromatic heterocycles. The number of hydrogen-bond acceptors (Lipinski definition) is 2. The quantitative estimate of drug-likeness (QED) is 0.831. The average molecular weight is 254 g/mol. The van der Waals surface area contributed by atoms with Crippen LogP contribution in [0.3, 0.4) is 0 Å². The van der Waals surface area contributed by atoms with Crippen molar-refractivity contribution in [1.82, 2.24) is 9.80 Å². The molecule has 0 bridgehead atoms. The molecule has 2 heteroatoms. The minimum atomic E-state index is 1.08. The van der Waals surface area contributed by atoms with E-state index in [1.165, 1.54) is 49.1 Å². The molecular weight excluding hydrogens is 232 g/mol. The zero-order valence-corrected chi connectivity index (χ0v) is 11.7. The molecule has 1 saturated heterocycles. The van der Waals surface area contributed by atoms with Crippen LogP contribution < -0.4 is 0 Å². The van der Waals surface area contributed by atoms with Crippen molar-refractivity contribution in [3.63, 3.8) is 0 Å². The summed E-state index contributed by atoms with van der Waals surface area (Å²) in [5.41, 5.74) is 1.46. The summed E-state index contributed by atoms with van der Waals surface area (Å²) >= 11 is 0. The van der Waals surface area contributed by atoms with Crippen LogP contribution in [-0.4, -0.2) is 42.5 Å². The van der Waals surface area contributed by atoms with Crippen LogP contribution in [0.1, 0.15) is 12.5 Å². The van der Waals surface area contributed by atoms with Gasteiger partial charge in [0.25, 0.3) is 0 Å². The first kappa shape index (κ1) is 12.6. The molecule has 1 aliphatic heterocycles. The van der Waals surface area contributed by atoms with Gasteiger partial charge in [-0.25, -0.2) is 0 Å². The van der Waals surface area contributed by atoms with Crippen LogP contribution in [0.25, 0.3) is 10.8 Å². The highest BCUT2D eigenvalue weighted by Gasteiger charge is 2.15. The number of rotatable bonds is 3. The first-order chi connectivity index (χ1) is 9.36. The lowest BCUT2D eigenvalue weighted by atomic mass is 10.0. The standard InChI is InChI=1S/C17H22N2/c1-2-18-10-12-19(13-11-18)14-16-8-5-7-15-6-3-4-9-17(15)16/h3-9H,2,10-14H2,1H3. The fourth-order valence-corrected chi connectivity index (χ4v) is 2.93. The van der Waals surface area contributed by atoms with Gasteiger partial charge in [0.1, 0.15) is 0 Å². The third-order valence-electron chi connectivity index (χ3n) is 4.19. The molecule has 1 fully saturated rings. The summed E-state index contributed by atoms with van der Waals surface area (Å²) in [5.74, 6) is 0. The molecule has 2 nitrogen and oxygen atoms in total. The number of hydrogen-bond donors (Lipinski definition) is 0. The summed E-state index contributed by atoms with van der Waals surface area (Å²) < 4.78 is 0. The van der Waals surface area contributed by atoms with E-state index in [1.54, 1.807) is 0 Å². The number of fused-ring (bicyclic) bond motifs is 1. The van der Waals surface area contributed by atoms with E-state index in [9.17, 15) is 0 Å². The van der Waals surface area contributed by atoms with Gasteiger partial charge < -0.3 is 4.90 Å². The smallest absolute Gasteiger partial charge is 0.0240 e. The molecule has 1 aliphatic rings. The molecule has 0 atom stereocenters. The third-order valence-corrected chi connectivity index (χ3v) is 4.19. The van der Waals surface area contributed by atoms with Gasteiger partial charge in [0.15, 0.2) is 0 Å². The first-order valence-corrected chi connectivity index (χ1v) is 7.28. The lowest BCUT2D eigenvalue weighted by molar-refractivity contribution is 0.132. The summed E-state index contributed by atoms with van der Waals surface area (Å²) in [6, 6.07) is 15.4. The van der Waals surface area contributed by atoms with Crippen molar-refractivity contribution in [2.45, 2.75) is 13.5 Å². The van der Waals surface area contributed by atoms with Crippen molar-refractivity contribution >= 4 is 10.8 Å². The van der Waals surface area contributed by atoms with E-state index in [1.807, 2.05) is 0 Å². The molecule has 0 unspecified atom stereocenters. The van der Waals surface area contributed by atoms with Gasteiger partial charge in [-0.05, 0) is 22.9 Å².